The van der Waals surface area contributed by atoms with Crippen LogP contribution >= 0.6 is 0 Å². The van der Waals surface area contributed by atoms with Crippen molar-refractivity contribution in [1.29, 1.82) is 0 Å². The van der Waals surface area contributed by atoms with Crippen molar-refractivity contribution in [2.45, 2.75) is 45.6 Å². The van der Waals surface area contributed by atoms with E-state index in [0.717, 1.165) is 38.8 Å². The van der Waals surface area contributed by atoms with Crippen LogP contribution in [-0.2, 0) is 9.59 Å². The van der Waals surface area contributed by atoms with Crippen LogP contribution < -0.4 is 0 Å². The molecule has 5 heteroatoms. The first kappa shape index (κ1) is 15.3. The first-order valence-corrected chi connectivity index (χ1v) is 7.74. The highest BCUT2D eigenvalue weighted by Crippen LogP contribution is 2.25. The van der Waals surface area contributed by atoms with Crippen LogP contribution in [0.1, 0.15) is 39.5 Å². The molecule has 5 nitrogen and oxygen atoms in total. The van der Waals surface area contributed by atoms with Crippen molar-refractivity contribution < 1.29 is 14.7 Å². The van der Waals surface area contributed by atoms with Crippen LogP contribution in [0.25, 0.3) is 0 Å². The maximum Gasteiger partial charge on any atom is 0.227 e. The van der Waals surface area contributed by atoms with Crippen LogP contribution in [0.3, 0.4) is 0 Å². The molecule has 2 unspecified atom stereocenters. The summed E-state index contributed by atoms with van der Waals surface area (Å²) < 4.78 is 0. The number of hydrogen-bond donors (Lipinski definition) is 1. The molecule has 2 aliphatic rings. The number of nitrogens with zero attached hydrogens (tertiary/aromatic N) is 2. The van der Waals surface area contributed by atoms with E-state index in [1.807, 2.05) is 23.6 Å². The van der Waals surface area contributed by atoms with Crippen molar-refractivity contribution in [3.8, 4) is 0 Å². The van der Waals surface area contributed by atoms with E-state index in [4.69, 9.17) is 0 Å². The van der Waals surface area contributed by atoms with Gasteiger partial charge in [-0.1, -0.05) is 13.8 Å². The Hall–Kier alpha value is -1.10. The molecule has 0 bridgehead atoms. The molecule has 0 aromatic rings. The summed E-state index contributed by atoms with van der Waals surface area (Å²) in [5.74, 6) is 0.171. The summed E-state index contributed by atoms with van der Waals surface area (Å²) >= 11 is 0. The third kappa shape index (κ3) is 3.14. The summed E-state index contributed by atoms with van der Waals surface area (Å²) in [6.45, 7) is 5.91. The Morgan fingerprint density at radius 3 is 2.55 bits per heavy atom. The van der Waals surface area contributed by atoms with Gasteiger partial charge in [0.05, 0.1) is 18.6 Å². The highest BCUT2D eigenvalue weighted by Gasteiger charge is 2.36. The Morgan fingerprint density at radius 2 is 1.90 bits per heavy atom. The molecule has 0 aromatic heterocycles. The second-order valence-corrected chi connectivity index (χ2v) is 6.29. The summed E-state index contributed by atoms with van der Waals surface area (Å²) in [5, 5.41) is 9.34. The SMILES string of the molecule is CC(C)C(=O)N1CCCC(C(=O)N2CCCC2CO)C1. The minimum absolute atomic E-state index is 0.0131. The van der Waals surface area contributed by atoms with Gasteiger partial charge in [-0.05, 0) is 25.7 Å². The molecule has 0 saturated carbocycles. The van der Waals surface area contributed by atoms with Crippen molar-refractivity contribution in [3.05, 3.63) is 0 Å². The van der Waals surface area contributed by atoms with Crippen molar-refractivity contribution in [1.82, 2.24) is 9.80 Å². The van der Waals surface area contributed by atoms with E-state index in [1.54, 1.807) is 0 Å². The minimum atomic E-state index is -0.0846. The summed E-state index contributed by atoms with van der Waals surface area (Å²) in [6.07, 6.45) is 3.61. The van der Waals surface area contributed by atoms with Gasteiger partial charge in [0.25, 0.3) is 0 Å². The number of piperidine rings is 1. The molecule has 2 heterocycles. The quantitative estimate of drug-likeness (QED) is 0.835. The number of aliphatic hydroxyl groups excluding tert-OH is 1. The molecule has 114 valence electrons. The molecule has 0 spiro atoms. The molecule has 2 rings (SSSR count). The van der Waals surface area contributed by atoms with Gasteiger partial charge in [-0.2, -0.15) is 0 Å². The number of carbonyl (C=O) groups excluding carboxylic acids is 2. The Labute approximate surface area is 120 Å². The van der Waals surface area contributed by atoms with Crippen molar-refractivity contribution in [3.63, 3.8) is 0 Å². The van der Waals surface area contributed by atoms with Gasteiger partial charge in [0.1, 0.15) is 0 Å². The number of aliphatic hydroxyl groups is 1. The average Bonchev–Trinajstić information content (AvgIpc) is 2.94. The zero-order valence-corrected chi connectivity index (χ0v) is 12.5. The molecule has 2 amide bonds. The minimum Gasteiger partial charge on any atom is -0.394 e. The molecule has 2 atom stereocenters. The first-order chi connectivity index (χ1) is 9.54. The van der Waals surface area contributed by atoms with Crippen molar-refractivity contribution in [2.24, 2.45) is 11.8 Å². The molecule has 2 aliphatic heterocycles. The van der Waals surface area contributed by atoms with Crippen LogP contribution in [0.2, 0.25) is 0 Å². The fourth-order valence-corrected chi connectivity index (χ4v) is 3.29. The van der Waals surface area contributed by atoms with Gasteiger partial charge in [0.15, 0.2) is 0 Å². The summed E-state index contributed by atoms with van der Waals surface area (Å²) in [7, 11) is 0. The molecule has 2 saturated heterocycles. The second-order valence-electron chi connectivity index (χ2n) is 6.29. The van der Waals surface area contributed by atoms with E-state index in [0.29, 0.717) is 6.54 Å². The molecule has 0 aromatic carbocycles. The molecule has 0 aliphatic carbocycles. The van der Waals surface area contributed by atoms with Crippen LogP contribution in [0.5, 0.6) is 0 Å². The second kappa shape index (κ2) is 6.57. The van der Waals surface area contributed by atoms with Gasteiger partial charge < -0.3 is 14.9 Å². The normalized spacial score (nSPS) is 27.2. The maximum atomic E-state index is 12.6. The van der Waals surface area contributed by atoms with E-state index in [1.165, 1.54) is 0 Å². The van der Waals surface area contributed by atoms with E-state index in [2.05, 4.69) is 0 Å². The Balaban J connectivity index is 1.98. The maximum absolute atomic E-state index is 12.6. The molecule has 0 radical (unpaired) electrons. The van der Waals surface area contributed by atoms with E-state index >= 15 is 0 Å². The van der Waals surface area contributed by atoms with Gasteiger partial charge in [-0.15, -0.1) is 0 Å². The van der Waals surface area contributed by atoms with Crippen LogP contribution in [0, 0.1) is 11.8 Å². The number of amides is 2. The van der Waals surface area contributed by atoms with Crippen LogP contribution in [-0.4, -0.2) is 59.0 Å². The van der Waals surface area contributed by atoms with Gasteiger partial charge in [0.2, 0.25) is 11.8 Å². The fourth-order valence-electron chi connectivity index (χ4n) is 3.29. The number of hydrogen-bond acceptors (Lipinski definition) is 3. The Kier molecular flexibility index (Phi) is 5.02. The number of likely N-dealkylation sites (tertiary alicyclic amines) is 2. The largest absolute Gasteiger partial charge is 0.394 e. The fraction of sp³-hybridized carbons (Fsp3) is 0.867. The zero-order chi connectivity index (χ0) is 14.7. The third-order valence-corrected chi connectivity index (χ3v) is 4.45. The molecule has 2 fully saturated rings. The van der Waals surface area contributed by atoms with Crippen LogP contribution in [0.15, 0.2) is 0 Å². The van der Waals surface area contributed by atoms with E-state index < -0.39 is 0 Å². The van der Waals surface area contributed by atoms with Gasteiger partial charge in [-0.25, -0.2) is 0 Å². The predicted molar refractivity (Wildman–Crippen MR) is 76.0 cm³/mol. The third-order valence-electron chi connectivity index (χ3n) is 4.45. The Bertz CT molecular complexity index is 370. The van der Waals surface area contributed by atoms with Gasteiger partial charge in [-0.3, -0.25) is 9.59 Å². The average molecular weight is 282 g/mol. The van der Waals surface area contributed by atoms with E-state index in [9.17, 15) is 14.7 Å². The molecular formula is C15H26N2O3. The van der Waals surface area contributed by atoms with Crippen LogP contribution in [0.4, 0.5) is 0 Å². The number of rotatable bonds is 3. The smallest absolute Gasteiger partial charge is 0.227 e. The highest BCUT2D eigenvalue weighted by atomic mass is 16.3. The Morgan fingerprint density at radius 1 is 1.20 bits per heavy atom. The van der Waals surface area contributed by atoms with Crippen molar-refractivity contribution in [2.75, 3.05) is 26.2 Å². The standard InChI is InChI=1S/C15H26N2O3/c1-11(2)14(19)16-7-3-5-12(9-16)15(20)17-8-4-6-13(17)10-18/h11-13,18H,3-10H2,1-2H3. The molecular weight excluding hydrogens is 256 g/mol. The zero-order valence-electron chi connectivity index (χ0n) is 12.5. The van der Waals surface area contributed by atoms with Crippen molar-refractivity contribution >= 4 is 11.8 Å². The summed E-state index contributed by atoms with van der Waals surface area (Å²) in [5.41, 5.74) is 0. The lowest BCUT2D eigenvalue weighted by Gasteiger charge is -2.36. The van der Waals surface area contributed by atoms with E-state index in [-0.39, 0.29) is 36.3 Å². The van der Waals surface area contributed by atoms with Gasteiger partial charge in [0, 0.05) is 25.6 Å². The number of carbonyl (C=O) groups is 2. The summed E-state index contributed by atoms with van der Waals surface area (Å²) in [4.78, 5) is 28.3. The lowest BCUT2D eigenvalue weighted by Crippen LogP contribution is -2.49. The monoisotopic (exact) mass is 282 g/mol. The lowest BCUT2D eigenvalue weighted by atomic mass is 9.95. The lowest BCUT2D eigenvalue weighted by molar-refractivity contribution is -0.143. The van der Waals surface area contributed by atoms with Gasteiger partial charge >= 0.3 is 0 Å². The topological polar surface area (TPSA) is 60.9 Å². The molecule has 1 N–H and O–H groups in total. The predicted octanol–water partition coefficient (Wildman–Crippen LogP) is 0.864. The first-order valence-electron chi connectivity index (χ1n) is 7.74. The molecule has 20 heavy (non-hydrogen) atoms. The highest BCUT2D eigenvalue weighted by molar-refractivity contribution is 5.82. The summed E-state index contributed by atoms with van der Waals surface area (Å²) in [6, 6.07) is -0.0151.